The summed E-state index contributed by atoms with van der Waals surface area (Å²) < 4.78 is 13.5. The summed E-state index contributed by atoms with van der Waals surface area (Å²) in [6.45, 7) is 5.60. The van der Waals surface area contributed by atoms with Crippen molar-refractivity contribution < 1.29 is 4.39 Å². The lowest BCUT2D eigenvalue weighted by molar-refractivity contribution is 0.175. The Labute approximate surface area is 115 Å². The van der Waals surface area contributed by atoms with Gasteiger partial charge >= 0.3 is 0 Å². The maximum Gasteiger partial charge on any atom is 0.125 e. The number of nitrogens with zero attached hydrogens (tertiary/aromatic N) is 2. The molecule has 4 heteroatoms. The highest BCUT2D eigenvalue weighted by molar-refractivity contribution is 5.50. The van der Waals surface area contributed by atoms with Crippen LogP contribution in [0.4, 0.5) is 10.1 Å². The minimum atomic E-state index is -0.188. The Bertz CT molecular complexity index is 424. The summed E-state index contributed by atoms with van der Waals surface area (Å²) in [5, 5.41) is 0. The molecule has 0 bridgehead atoms. The van der Waals surface area contributed by atoms with E-state index in [1.165, 1.54) is 6.07 Å². The van der Waals surface area contributed by atoms with Crippen molar-refractivity contribution in [1.82, 2.24) is 4.90 Å². The first-order chi connectivity index (χ1) is 9.11. The minimum Gasteiger partial charge on any atom is -0.363 e. The lowest BCUT2D eigenvalue weighted by atomic mass is 9.86. The van der Waals surface area contributed by atoms with Gasteiger partial charge in [-0.15, -0.1) is 0 Å². The summed E-state index contributed by atoms with van der Waals surface area (Å²) >= 11 is 0. The Hall–Kier alpha value is -1.13. The van der Waals surface area contributed by atoms with Crippen LogP contribution in [0.25, 0.3) is 0 Å². The number of halogens is 1. The van der Waals surface area contributed by atoms with Gasteiger partial charge in [-0.2, -0.15) is 0 Å². The summed E-state index contributed by atoms with van der Waals surface area (Å²) in [7, 11) is 2.13. The van der Waals surface area contributed by atoms with Gasteiger partial charge in [0.05, 0.1) is 5.54 Å². The van der Waals surface area contributed by atoms with Crippen LogP contribution in [-0.4, -0.2) is 43.7 Å². The minimum absolute atomic E-state index is 0.0739. The molecule has 2 rings (SSSR count). The van der Waals surface area contributed by atoms with Gasteiger partial charge in [0.25, 0.3) is 0 Å². The molecule has 0 radical (unpaired) electrons. The number of benzene rings is 1. The van der Waals surface area contributed by atoms with Crippen molar-refractivity contribution in [2.45, 2.75) is 25.3 Å². The van der Waals surface area contributed by atoms with Gasteiger partial charge in [-0.1, -0.05) is 6.07 Å². The number of anilines is 1. The molecule has 1 unspecified atom stereocenters. The van der Waals surface area contributed by atoms with Gasteiger partial charge < -0.3 is 15.5 Å². The largest absolute Gasteiger partial charge is 0.363 e. The topological polar surface area (TPSA) is 32.5 Å². The zero-order valence-electron chi connectivity index (χ0n) is 11.9. The normalized spacial score (nSPS) is 24.4. The van der Waals surface area contributed by atoms with Crippen molar-refractivity contribution in [3.05, 3.63) is 30.1 Å². The summed E-state index contributed by atoms with van der Waals surface area (Å²) in [6, 6.07) is 6.83. The average molecular weight is 265 g/mol. The van der Waals surface area contributed by atoms with Gasteiger partial charge in [0.1, 0.15) is 5.82 Å². The zero-order chi connectivity index (χ0) is 13.9. The SMILES string of the molecule is CCN(c1cccc(F)c1)C1(CN)CCCN(C)C1. The molecule has 1 heterocycles. The summed E-state index contributed by atoms with van der Waals surface area (Å²) in [5.41, 5.74) is 6.95. The van der Waals surface area contributed by atoms with Crippen LogP contribution in [-0.2, 0) is 0 Å². The Morgan fingerprint density at radius 2 is 2.26 bits per heavy atom. The molecule has 106 valence electrons. The van der Waals surface area contributed by atoms with Crippen LogP contribution >= 0.6 is 0 Å². The van der Waals surface area contributed by atoms with E-state index in [1.54, 1.807) is 12.1 Å². The molecule has 3 nitrogen and oxygen atoms in total. The van der Waals surface area contributed by atoms with Gasteiger partial charge in [-0.3, -0.25) is 0 Å². The van der Waals surface area contributed by atoms with E-state index in [2.05, 4.69) is 23.8 Å². The predicted molar refractivity (Wildman–Crippen MR) is 77.9 cm³/mol. The molecule has 0 aliphatic carbocycles. The second-order valence-corrected chi connectivity index (χ2v) is 5.49. The van der Waals surface area contributed by atoms with E-state index in [9.17, 15) is 4.39 Å². The van der Waals surface area contributed by atoms with Crippen molar-refractivity contribution in [3.63, 3.8) is 0 Å². The third kappa shape index (κ3) is 2.90. The van der Waals surface area contributed by atoms with Gasteiger partial charge in [0.2, 0.25) is 0 Å². The number of nitrogens with two attached hydrogens (primary N) is 1. The third-order valence-corrected chi connectivity index (χ3v) is 4.13. The first-order valence-electron chi connectivity index (χ1n) is 7.03. The zero-order valence-corrected chi connectivity index (χ0v) is 11.9. The molecule has 0 amide bonds. The number of rotatable bonds is 4. The number of hydrogen-bond acceptors (Lipinski definition) is 3. The van der Waals surface area contributed by atoms with Crippen molar-refractivity contribution in [3.8, 4) is 0 Å². The van der Waals surface area contributed by atoms with E-state index < -0.39 is 0 Å². The molecular weight excluding hydrogens is 241 g/mol. The monoisotopic (exact) mass is 265 g/mol. The second kappa shape index (κ2) is 5.88. The molecule has 1 aliphatic heterocycles. The summed E-state index contributed by atoms with van der Waals surface area (Å²) in [6.07, 6.45) is 2.21. The quantitative estimate of drug-likeness (QED) is 0.904. The smallest absolute Gasteiger partial charge is 0.125 e. The fourth-order valence-corrected chi connectivity index (χ4v) is 3.27. The van der Waals surface area contributed by atoms with E-state index in [1.807, 2.05) is 6.07 Å². The maximum atomic E-state index is 13.5. The Kier molecular flexibility index (Phi) is 4.42. The number of piperidine rings is 1. The van der Waals surface area contributed by atoms with Crippen LogP contribution in [0.2, 0.25) is 0 Å². The molecule has 1 aliphatic rings. The Morgan fingerprint density at radius 3 is 2.84 bits per heavy atom. The fraction of sp³-hybridized carbons (Fsp3) is 0.600. The lowest BCUT2D eigenvalue weighted by Gasteiger charge is -2.49. The van der Waals surface area contributed by atoms with E-state index in [4.69, 9.17) is 5.73 Å². The van der Waals surface area contributed by atoms with Gasteiger partial charge in [-0.25, -0.2) is 4.39 Å². The van der Waals surface area contributed by atoms with Crippen LogP contribution in [0.15, 0.2) is 24.3 Å². The number of likely N-dealkylation sites (N-methyl/N-ethyl adjacent to an activating group) is 2. The molecular formula is C15H24FN3. The van der Waals surface area contributed by atoms with E-state index in [-0.39, 0.29) is 11.4 Å². The molecule has 1 atom stereocenters. The molecule has 0 saturated carbocycles. The number of likely N-dealkylation sites (tertiary alicyclic amines) is 1. The molecule has 1 aromatic carbocycles. The molecule has 0 aromatic heterocycles. The van der Waals surface area contributed by atoms with Crippen molar-refractivity contribution in [2.75, 3.05) is 38.1 Å². The van der Waals surface area contributed by atoms with Gasteiger partial charge in [-0.05, 0) is 51.6 Å². The number of hydrogen-bond donors (Lipinski definition) is 1. The summed E-state index contributed by atoms with van der Waals surface area (Å²) in [5.74, 6) is -0.188. The average Bonchev–Trinajstić information content (AvgIpc) is 2.39. The standard InChI is InChI=1S/C15H24FN3/c1-3-19(14-7-4-6-13(16)10-14)15(11-17)8-5-9-18(2)12-15/h4,6-7,10H,3,5,8-9,11-12,17H2,1-2H3. The lowest BCUT2D eigenvalue weighted by Crippen LogP contribution is -2.62. The summed E-state index contributed by atoms with van der Waals surface area (Å²) in [4.78, 5) is 4.59. The molecule has 1 aromatic rings. The van der Waals surface area contributed by atoms with Crippen molar-refractivity contribution >= 4 is 5.69 Å². The van der Waals surface area contributed by atoms with Crippen LogP contribution in [0.5, 0.6) is 0 Å². The second-order valence-electron chi connectivity index (χ2n) is 5.49. The predicted octanol–water partition coefficient (Wildman–Crippen LogP) is 2.08. The van der Waals surface area contributed by atoms with E-state index >= 15 is 0 Å². The highest BCUT2D eigenvalue weighted by Crippen LogP contribution is 2.31. The van der Waals surface area contributed by atoms with Crippen LogP contribution in [0.1, 0.15) is 19.8 Å². The fourth-order valence-electron chi connectivity index (χ4n) is 3.27. The molecule has 1 saturated heterocycles. The van der Waals surface area contributed by atoms with Gasteiger partial charge in [0, 0.05) is 25.3 Å². The molecule has 1 fully saturated rings. The first-order valence-corrected chi connectivity index (χ1v) is 7.03. The Balaban J connectivity index is 2.33. The third-order valence-electron chi connectivity index (χ3n) is 4.13. The van der Waals surface area contributed by atoms with Crippen molar-refractivity contribution in [2.24, 2.45) is 5.73 Å². The molecule has 0 spiro atoms. The van der Waals surface area contributed by atoms with Crippen LogP contribution in [0, 0.1) is 5.82 Å². The van der Waals surface area contributed by atoms with Crippen molar-refractivity contribution in [1.29, 1.82) is 0 Å². The highest BCUT2D eigenvalue weighted by Gasteiger charge is 2.38. The van der Waals surface area contributed by atoms with E-state index in [0.29, 0.717) is 6.54 Å². The molecule has 2 N–H and O–H groups in total. The maximum absolute atomic E-state index is 13.5. The molecule has 19 heavy (non-hydrogen) atoms. The first kappa shape index (κ1) is 14.3. The Morgan fingerprint density at radius 1 is 1.47 bits per heavy atom. The van der Waals surface area contributed by atoms with Crippen LogP contribution < -0.4 is 10.6 Å². The van der Waals surface area contributed by atoms with Gasteiger partial charge in [0.15, 0.2) is 0 Å². The van der Waals surface area contributed by atoms with Crippen LogP contribution in [0.3, 0.4) is 0 Å². The van der Waals surface area contributed by atoms with E-state index in [0.717, 1.165) is 38.2 Å². The highest BCUT2D eigenvalue weighted by atomic mass is 19.1.